The zero-order valence-corrected chi connectivity index (χ0v) is 26.5. The minimum Gasteiger partial charge on any atom is -0.480 e. The van der Waals surface area contributed by atoms with Crippen molar-refractivity contribution in [3.63, 3.8) is 0 Å². The molecule has 3 N–H and O–H groups in total. The maximum atomic E-state index is 15.1. The third kappa shape index (κ3) is 5.42. The number of thiazole rings is 1. The highest BCUT2D eigenvalue weighted by atomic mass is 35.5. The van der Waals surface area contributed by atoms with Gasteiger partial charge in [0.15, 0.2) is 5.82 Å². The Kier molecular flexibility index (Phi) is 7.89. The topological polar surface area (TPSA) is 135 Å². The third-order valence-electron chi connectivity index (χ3n) is 9.48. The van der Waals surface area contributed by atoms with Gasteiger partial charge in [0.1, 0.15) is 34.1 Å². The molecule has 0 aliphatic heterocycles. The van der Waals surface area contributed by atoms with Gasteiger partial charge in [-0.2, -0.15) is 0 Å². The molecule has 0 saturated heterocycles. The van der Waals surface area contributed by atoms with Crippen LogP contribution in [0.1, 0.15) is 71.6 Å². The average molecular weight is 675 g/mol. The summed E-state index contributed by atoms with van der Waals surface area (Å²) in [7, 11) is 0. The molecule has 2 bridgehead atoms. The smallest absolute Gasteiger partial charge is 0.322 e. The maximum Gasteiger partial charge on any atom is 0.322 e. The summed E-state index contributed by atoms with van der Waals surface area (Å²) in [4.78, 5) is 27.8. The molecule has 0 radical (unpaired) electrons. The summed E-state index contributed by atoms with van der Waals surface area (Å²) in [5, 5.41) is 29.1. The highest BCUT2D eigenvalue weighted by Gasteiger charge is 2.59. The van der Waals surface area contributed by atoms with Gasteiger partial charge >= 0.3 is 5.97 Å². The molecule has 2 heterocycles. The number of rotatable bonds is 9. The van der Waals surface area contributed by atoms with Crippen molar-refractivity contribution < 1.29 is 33.5 Å². The van der Waals surface area contributed by atoms with E-state index < -0.39 is 29.8 Å². The van der Waals surface area contributed by atoms with Gasteiger partial charge in [-0.05, 0) is 74.1 Å². The number of aliphatic carboxylic acids is 1. The number of carbonyl (C=O) groups excluding carboxylic acids is 1. The van der Waals surface area contributed by atoms with Crippen molar-refractivity contribution >= 4 is 56.6 Å². The molecule has 45 heavy (non-hydrogen) atoms. The van der Waals surface area contributed by atoms with Crippen molar-refractivity contribution in [1.29, 1.82) is 0 Å². The number of ether oxygens (including phenoxy) is 1. The molecule has 3 saturated carbocycles. The monoisotopic (exact) mass is 673 g/mol. The molecule has 3 aliphatic carbocycles. The van der Waals surface area contributed by atoms with Crippen LogP contribution in [0.3, 0.4) is 0 Å². The summed E-state index contributed by atoms with van der Waals surface area (Å²) < 4.78 is 27.9. The van der Waals surface area contributed by atoms with Gasteiger partial charge in [0.05, 0.1) is 27.5 Å². The quantitative estimate of drug-likeness (QED) is 0.174. The highest BCUT2D eigenvalue weighted by Crippen LogP contribution is 2.59. The first kappa shape index (κ1) is 30.6. The lowest BCUT2D eigenvalue weighted by molar-refractivity contribution is -0.135. The first-order chi connectivity index (χ1) is 21.5. The van der Waals surface area contributed by atoms with Gasteiger partial charge in [-0.3, -0.25) is 9.59 Å². The second kappa shape index (κ2) is 11.6. The van der Waals surface area contributed by atoms with Crippen LogP contribution in [0.5, 0.6) is 0 Å². The van der Waals surface area contributed by atoms with Gasteiger partial charge in [0, 0.05) is 22.6 Å². The SMILES string of the molecule is C[C@H]1C[C@@H]2C[C@@H](OCc3c(-c4c(Cl)cccc4Cl)noc3C3CC3)C[C@H]1[C@]2(O)c1nc2c(F)cc(C(=O)NCC(=O)O)cc2s1. The van der Waals surface area contributed by atoms with Crippen LogP contribution in [0.4, 0.5) is 4.39 Å². The molecule has 236 valence electrons. The Balaban J connectivity index is 1.13. The van der Waals surface area contributed by atoms with E-state index in [1.54, 1.807) is 18.2 Å². The van der Waals surface area contributed by atoms with E-state index in [-0.39, 0.29) is 41.5 Å². The van der Waals surface area contributed by atoms with Crippen molar-refractivity contribution in [3.8, 4) is 11.3 Å². The molecular weight excluding hydrogens is 644 g/mol. The average Bonchev–Trinajstić information content (AvgIpc) is 3.58. The zero-order chi connectivity index (χ0) is 31.6. The number of carboxylic acid groups (broad SMARTS) is 1. The number of hydrogen-bond acceptors (Lipinski definition) is 8. The highest BCUT2D eigenvalue weighted by molar-refractivity contribution is 7.18. The number of halogens is 3. The molecule has 2 aromatic heterocycles. The standard InChI is InChI=1S/C32H30Cl2FN3O6S/c1-14-7-17-10-18(43-13-19-27(38-44-29(19)15-5-6-15)26-21(33)3-2-4-22(26)34)11-20(14)32(17,42)31-37-28-23(35)8-16(9-24(28)45-31)30(41)36-12-25(39)40/h2-4,8-9,14-15,17-18,20,42H,5-7,10-13H2,1H3,(H,36,41)(H,39,40)/t14-,17+,18+,20+,32-/m0/s1. The van der Waals surface area contributed by atoms with E-state index in [4.69, 9.17) is 37.6 Å². The molecule has 3 aliphatic rings. The number of carboxylic acids is 1. The number of aromatic nitrogens is 2. The molecule has 1 amide bonds. The van der Waals surface area contributed by atoms with E-state index in [0.717, 1.165) is 36.7 Å². The Bertz CT molecular complexity index is 1810. The Morgan fingerprint density at radius 2 is 1.96 bits per heavy atom. The number of aliphatic hydroxyl groups is 1. The summed E-state index contributed by atoms with van der Waals surface area (Å²) >= 11 is 14.2. The number of hydrogen-bond donors (Lipinski definition) is 3. The second-order valence-electron chi connectivity index (χ2n) is 12.4. The van der Waals surface area contributed by atoms with Crippen LogP contribution in [0.25, 0.3) is 21.5 Å². The lowest BCUT2D eigenvalue weighted by Crippen LogP contribution is -2.45. The summed E-state index contributed by atoms with van der Waals surface area (Å²) in [6.45, 7) is 1.80. The van der Waals surface area contributed by atoms with Crippen molar-refractivity contribution in [3.05, 3.63) is 68.1 Å². The number of amides is 1. The first-order valence-electron chi connectivity index (χ1n) is 14.9. The van der Waals surface area contributed by atoms with Crippen LogP contribution in [0.15, 0.2) is 34.9 Å². The van der Waals surface area contributed by atoms with Gasteiger partial charge in [-0.15, -0.1) is 11.3 Å². The summed E-state index contributed by atoms with van der Waals surface area (Å²) in [5.74, 6) is -1.67. The van der Waals surface area contributed by atoms with E-state index in [2.05, 4.69) is 22.4 Å². The molecule has 0 unspecified atom stereocenters. The molecule has 9 nitrogen and oxygen atoms in total. The van der Waals surface area contributed by atoms with Gasteiger partial charge in [-0.1, -0.05) is 41.3 Å². The van der Waals surface area contributed by atoms with Gasteiger partial charge in [-0.25, -0.2) is 9.37 Å². The Morgan fingerprint density at radius 1 is 1.20 bits per heavy atom. The molecule has 7 rings (SSSR count). The fourth-order valence-electron chi connectivity index (χ4n) is 7.18. The van der Waals surface area contributed by atoms with E-state index in [1.165, 1.54) is 17.4 Å². The molecular formula is C32H30Cl2FN3O6S. The molecule has 0 spiro atoms. The van der Waals surface area contributed by atoms with Crippen LogP contribution in [0.2, 0.25) is 10.0 Å². The summed E-state index contributed by atoms with van der Waals surface area (Å²) in [5.41, 5.74) is 0.853. The van der Waals surface area contributed by atoms with Gasteiger partial charge in [0.2, 0.25) is 0 Å². The summed E-state index contributed by atoms with van der Waals surface area (Å²) in [6.07, 6.45) is 3.84. The molecule has 3 fully saturated rings. The Labute approximate surface area is 271 Å². The van der Waals surface area contributed by atoms with Crippen molar-refractivity contribution in [2.75, 3.05) is 6.54 Å². The molecule has 5 atom stereocenters. The van der Waals surface area contributed by atoms with Crippen LogP contribution in [-0.2, 0) is 21.7 Å². The van der Waals surface area contributed by atoms with Crippen molar-refractivity contribution in [2.45, 2.75) is 63.3 Å². The van der Waals surface area contributed by atoms with E-state index in [1.807, 2.05) is 0 Å². The largest absolute Gasteiger partial charge is 0.480 e. The van der Waals surface area contributed by atoms with Gasteiger partial charge in [0.25, 0.3) is 5.91 Å². The predicted octanol–water partition coefficient (Wildman–Crippen LogP) is 6.93. The number of benzene rings is 2. The summed E-state index contributed by atoms with van der Waals surface area (Å²) in [6, 6.07) is 7.84. The zero-order valence-electron chi connectivity index (χ0n) is 24.2. The fraction of sp³-hybridized carbons (Fsp3) is 0.438. The molecule has 13 heteroatoms. The molecule has 2 aromatic carbocycles. The first-order valence-corrected chi connectivity index (χ1v) is 16.5. The van der Waals surface area contributed by atoms with E-state index in [0.29, 0.717) is 49.8 Å². The van der Waals surface area contributed by atoms with Crippen molar-refractivity contribution in [2.24, 2.45) is 17.8 Å². The van der Waals surface area contributed by atoms with Crippen molar-refractivity contribution in [1.82, 2.24) is 15.5 Å². The van der Waals surface area contributed by atoms with Crippen LogP contribution < -0.4 is 5.32 Å². The lowest BCUT2D eigenvalue weighted by atomic mass is 9.72. The Morgan fingerprint density at radius 3 is 2.64 bits per heavy atom. The number of carbonyl (C=O) groups is 2. The normalized spacial score (nSPS) is 26.0. The van der Waals surface area contributed by atoms with E-state index >= 15 is 4.39 Å². The minimum absolute atomic E-state index is 0.00589. The third-order valence-corrected chi connectivity index (χ3v) is 11.3. The van der Waals surface area contributed by atoms with Gasteiger partial charge < -0.3 is 24.8 Å². The number of fused-ring (bicyclic) bond motifs is 3. The fourth-order valence-corrected chi connectivity index (χ4v) is 9.01. The maximum absolute atomic E-state index is 15.1. The lowest BCUT2D eigenvalue weighted by Gasteiger charge is -2.41. The van der Waals surface area contributed by atoms with Crippen LogP contribution >= 0.6 is 34.5 Å². The molecule has 4 aromatic rings. The predicted molar refractivity (Wildman–Crippen MR) is 166 cm³/mol. The van der Waals surface area contributed by atoms with Crippen LogP contribution in [-0.4, -0.2) is 44.9 Å². The van der Waals surface area contributed by atoms with E-state index in [9.17, 15) is 14.7 Å². The minimum atomic E-state index is -1.27. The number of nitrogens with zero attached hydrogens (tertiary/aromatic N) is 2. The Hall–Kier alpha value is -3.09. The van der Waals surface area contributed by atoms with Crippen LogP contribution in [0, 0.1) is 23.6 Å². The second-order valence-corrected chi connectivity index (χ2v) is 14.2. The number of nitrogens with one attached hydrogen (secondary N) is 1.